The fourth-order valence-corrected chi connectivity index (χ4v) is 1.70. The number of hydrogen-bond acceptors (Lipinski definition) is 4. The van der Waals surface area contributed by atoms with Gasteiger partial charge in [0.2, 0.25) is 0 Å². The van der Waals surface area contributed by atoms with Crippen molar-refractivity contribution in [3.63, 3.8) is 0 Å². The monoisotopic (exact) mass is 265 g/mol. The molecular weight excluding hydrogens is 242 g/mol. The number of aromatic hydroxyl groups is 1. The molecule has 0 radical (unpaired) electrons. The van der Waals surface area contributed by atoms with Crippen LogP contribution in [0.1, 0.15) is 39.0 Å². The van der Waals surface area contributed by atoms with Gasteiger partial charge in [0.25, 0.3) is 0 Å². The Labute approximate surface area is 114 Å². The predicted octanol–water partition coefficient (Wildman–Crippen LogP) is 3.32. The summed E-state index contributed by atoms with van der Waals surface area (Å²) in [5.74, 6) is -0.0382. The number of rotatable bonds is 9. The molecular formula is C15H23NO3. The molecule has 2 N–H and O–H groups in total. The highest BCUT2D eigenvalue weighted by atomic mass is 16.5. The van der Waals surface area contributed by atoms with Gasteiger partial charge < -0.3 is 15.2 Å². The molecule has 0 spiro atoms. The number of carbonyl (C=O) groups is 1. The summed E-state index contributed by atoms with van der Waals surface area (Å²) in [5.41, 5.74) is 0.790. The summed E-state index contributed by atoms with van der Waals surface area (Å²) >= 11 is 0. The lowest BCUT2D eigenvalue weighted by molar-refractivity contribution is -0.141. The molecule has 0 aliphatic carbocycles. The third-order valence-corrected chi connectivity index (χ3v) is 2.82. The first-order chi connectivity index (χ1) is 9.22. The zero-order chi connectivity index (χ0) is 13.9. The largest absolute Gasteiger partial charge is 0.508 e. The van der Waals surface area contributed by atoms with Crippen LogP contribution < -0.4 is 5.32 Å². The first-order valence-corrected chi connectivity index (χ1v) is 6.91. The maximum atomic E-state index is 11.4. The number of phenolic OH excluding ortho intramolecular Hbond substituents is 1. The molecule has 19 heavy (non-hydrogen) atoms. The van der Waals surface area contributed by atoms with E-state index < -0.39 is 0 Å². The molecule has 0 amide bonds. The topological polar surface area (TPSA) is 58.6 Å². The molecule has 0 atom stereocenters. The average molecular weight is 265 g/mol. The molecule has 0 heterocycles. The summed E-state index contributed by atoms with van der Waals surface area (Å²) in [6.45, 7) is 2.83. The van der Waals surface area contributed by atoms with Crippen molar-refractivity contribution >= 4 is 11.7 Å². The van der Waals surface area contributed by atoms with Crippen LogP contribution in [0.15, 0.2) is 24.3 Å². The van der Waals surface area contributed by atoms with E-state index in [1.807, 2.05) is 0 Å². The average Bonchev–Trinajstić information content (AvgIpc) is 2.42. The van der Waals surface area contributed by atoms with Crippen molar-refractivity contribution in [2.75, 3.05) is 18.5 Å². The van der Waals surface area contributed by atoms with Crippen LogP contribution in [0.5, 0.6) is 5.75 Å². The molecule has 0 fully saturated rings. The lowest BCUT2D eigenvalue weighted by Gasteiger charge is -2.07. The Morgan fingerprint density at radius 2 is 1.84 bits per heavy atom. The summed E-state index contributed by atoms with van der Waals surface area (Å²) < 4.78 is 5.12. The Kier molecular flexibility index (Phi) is 7.47. The van der Waals surface area contributed by atoms with Crippen LogP contribution in [0.4, 0.5) is 5.69 Å². The number of hydrogen-bond donors (Lipinski definition) is 2. The Morgan fingerprint density at radius 3 is 2.53 bits per heavy atom. The van der Waals surface area contributed by atoms with E-state index in [2.05, 4.69) is 12.2 Å². The fraction of sp³-hybridized carbons (Fsp3) is 0.533. The summed E-state index contributed by atoms with van der Waals surface area (Å²) in [4.78, 5) is 11.4. The molecule has 0 aromatic heterocycles. The Hall–Kier alpha value is -1.71. The smallest absolute Gasteiger partial charge is 0.325 e. The second kappa shape index (κ2) is 9.25. The normalized spacial score (nSPS) is 10.2. The second-order valence-corrected chi connectivity index (χ2v) is 4.54. The summed E-state index contributed by atoms with van der Waals surface area (Å²) in [7, 11) is 0. The number of nitrogens with one attached hydrogen (secondary N) is 1. The van der Waals surface area contributed by atoms with E-state index >= 15 is 0 Å². The molecule has 106 valence electrons. The minimum absolute atomic E-state index is 0.153. The highest BCUT2D eigenvalue weighted by Gasteiger charge is 2.02. The van der Waals surface area contributed by atoms with Gasteiger partial charge in [0.1, 0.15) is 12.3 Å². The van der Waals surface area contributed by atoms with Gasteiger partial charge in [-0.05, 0) is 30.7 Å². The van der Waals surface area contributed by atoms with Crippen molar-refractivity contribution in [1.82, 2.24) is 0 Å². The number of unbranched alkanes of at least 4 members (excludes halogenated alkanes) is 4. The number of anilines is 1. The van der Waals surface area contributed by atoms with Gasteiger partial charge in [0, 0.05) is 5.69 Å². The van der Waals surface area contributed by atoms with Gasteiger partial charge >= 0.3 is 5.97 Å². The van der Waals surface area contributed by atoms with E-state index in [9.17, 15) is 4.79 Å². The van der Waals surface area contributed by atoms with E-state index in [-0.39, 0.29) is 18.3 Å². The van der Waals surface area contributed by atoms with Crippen molar-refractivity contribution in [2.24, 2.45) is 0 Å². The van der Waals surface area contributed by atoms with Crippen LogP contribution in [-0.4, -0.2) is 24.2 Å². The predicted molar refractivity (Wildman–Crippen MR) is 76.3 cm³/mol. The summed E-state index contributed by atoms with van der Waals surface area (Å²) in [6, 6.07) is 6.57. The van der Waals surface area contributed by atoms with Gasteiger partial charge in [-0.15, -0.1) is 0 Å². The molecule has 0 unspecified atom stereocenters. The van der Waals surface area contributed by atoms with E-state index in [0.29, 0.717) is 6.61 Å². The summed E-state index contributed by atoms with van der Waals surface area (Å²) in [5, 5.41) is 12.1. The number of carbonyl (C=O) groups excluding carboxylic acids is 1. The highest BCUT2D eigenvalue weighted by molar-refractivity contribution is 5.74. The van der Waals surface area contributed by atoms with E-state index in [1.54, 1.807) is 24.3 Å². The van der Waals surface area contributed by atoms with Crippen molar-refractivity contribution in [2.45, 2.75) is 39.0 Å². The maximum Gasteiger partial charge on any atom is 0.325 e. The third kappa shape index (κ3) is 7.34. The van der Waals surface area contributed by atoms with E-state index in [4.69, 9.17) is 9.84 Å². The van der Waals surface area contributed by atoms with Crippen molar-refractivity contribution < 1.29 is 14.6 Å². The fourth-order valence-electron chi connectivity index (χ4n) is 1.70. The number of benzene rings is 1. The van der Waals surface area contributed by atoms with Crippen molar-refractivity contribution in [3.05, 3.63) is 24.3 Å². The minimum Gasteiger partial charge on any atom is -0.508 e. The standard InChI is InChI=1S/C15H23NO3/c1-2-3-4-5-6-11-19-15(18)12-16-13-7-9-14(17)10-8-13/h7-10,16-17H,2-6,11-12H2,1H3. The van der Waals surface area contributed by atoms with E-state index in [1.165, 1.54) is 19.3 Å². The Balaban J connectivity index is 2.06. The lowest BCUT2D eigenvalue weighted by atomic mass is 10.2. The van der Waals surface area contributed by atoms with Crippen LogP contribution >= 0.6 is 0 Å². The molecule has 0 aliphatic heterocycles. The molecule has 0 saturated carbocycles. The number of esters is 1. The third-order valence-electron chi connectivity index (χ3n) is 2.82. The van der Waals surface area contributed by atoms with Gasteiger partial charge in [0.15, 0.2) is 0 Å². The molecule has 0 aliphatic rings. The lowest BCUT2D eigenvalue weighted by Crippen LogP contribution is -2.17. The number of ether oxygens (including phenoxy) is 1. The van der Waals surface area contributed by atoms with Crippen LogP contribution in [0, 0.1) is 0 Å². The first kappa shape index (κ1) is 15.3. The quantitative estimate of drug-likeness (QED) is 0.408. The first-order valence-electron chi connectivity index (χ1n) is 6.91. The van der Waals surface area contributed by atoms with Crippen molar-refractivity contribution in [1.29, 1.82) is 0 Å². The van der Waals surface area contributed by atoms with Gasteiger partial charge in [-0.25, -0.2) is 0 Å². The molecule has 1 rings (SSSR count). The highest BCUT2D eigenvalue weighted by Crippen LogP contribution is 2.13. The molecule has 4 nitrogen and oxygen atoms in total. The van der Waals surface area contributed by atoms with Crippen LogP contribution in [-0.2, 0) is 9.53 Å². The van der Waals surface area contributed by atoms with Crippen LogP contribution in [0.2, 0.25) is 0 Å². The molecule has 4 heteroatoms. The van der Waals surface area contributed by atoms with Gasteiger partial charge in [-0.3, -0.25) is 4.79 Å². The maximum absolute atomic E-state index is 11.4. The van der Waals surface area contributed by atoms with Gasteiger partial charge in [-0.2, -0.15) is 0 Å². The van der Waals surface area contributed by atoms with Crippen LogP contribution in [0.3, 0.4) is 0 Å². The Bertz CT molecular complexity index is 362. The van der Waals surface area contributed by atoms with E-state index in [0.717, 1.165) is 18.5 Å². The molecule has 1 aromatic rings. The molecule has 0 bridgehead atoms. The zero-order valence-corrected chi connectivity index (χ0v) is 11.5. The zero-order valence-electron chi connectivity index (χ0n) is 11.5. The van der Waals surface area contributed by atoms with Crippen LogP contribution in [0.25, 0.3) is 0 Å². The molecule has 1 aromatic carbocycles. The Morgan fingerprint density at radius 1 is 1.16 bits per heavy atom. The number of phenols is 1. The van der Waals surface area contributed by atoms with Gasteiger partial charge in [0.05, 0.1) is 6.61 Å². The minimum atomic E-state index is -0.247. The van der Waals surface area contributed by atoms with Gasteiger partial charge in [-0.1, -0.05) is 32.6 Å². The van der Waals surface area contributed by atoms with Crippen molar-refractivity contribution in [3.8, 4) is 5.75 Å². The SMILES string of the molecule is CCCCCCCOC(=O)CNc1ccc(O)cc1. The summed E-state index contributed by atoms with van der Waals surface area (Å²) in [6.07, 6.45) is 5.73. The molecule has 0 saturated heterocycles. The second-order valence-electron chi connectivity index (χ2n) is 4.54.